The third kappa shape index (κ3) is 4.33. The smallest absolute Gasteiger partial charge is 0.423 e. The summed E-state index contributed by atoms with van der Waals surface area (Å²) in [5, 5.41) is 20.2. The van der Waals surface area contributed by atoms with E-state index in [1.807, 2.05) is 0 Å². The minimum atomic E-state index is -4.68. The van der Waals surface area contributed by atoms with Crippen molar-refractivity contribution in [1.29, 1.82) is 0 Å². The Bertz CT molecular complexity index is 732. The van der Waals surface area contributed by atoms with Crippen molar-refractivity contribution in [1.82, 2.24) is 5.32 Å². The molecule has 0 fully saturated rings. The first kappa shape index (κ1) is 18.0. The van der Waals surface area contributed by atoms with Gasteiger partial charge >= 0.3 is 13.3 Å². The van der Waals surface area contributed by atoms with Gasteiger partial charge in [-0.05, 0) is 29.2 Å². The molecular formula is C15H12BF4NO3. The van der Waals surface area contributed by atoms with Crippen molar-refractivity contribution in [2.24, 2.45) is 0 Å². The number of hydrogen-bond donors (Lipinski definition) is 3. The standard InChI is InChI=1S/C15H12BF4NO3/c17-13-6-3-10(15(18,19)20)7-12(13)14(22)21-8-9-1-4-11(5-2-9)16(23)24/h1-7,23-24H,8H2,(H,21,22). The molecule has 3 N–H and O–H groups in total. The van der Waals surface area contributed by atoms with Gasteiger partial charge in [0.25, 0.3) is 5.91 Å². The summed E-state index contributed by atoms with van der Waals surface area (Å²) in [6.07, 6.45) is -4.68. The molecule has 0 saturated heterocycles. The Labute approximate surface area is 134 Å². The second-order valence-electron chi connectivity index (χ2n) is 4.99. The number of carbonyl (C=O) groups is 1. The molecule has 1 amide bonds. The minimum Gasteiger partial charge on any atom is -0.423 e. The van der Waals surface area contributed by atoms with Crippen LogP contribution >= 0.6 is 0 Å². The highest BCUT2D eigenvalue weighted by atomic mass is 19.4. The third-order valence-corrected chi connectivity index (χ3v) is 3.27. The van der Waals surface area contributed by atoms with Gasteiger partial charge in [-0.15, -0.1) is 0 Å². The Balaban J connectivity index is 2.10. The molecule has 2 aromatic rings. The van der Waals surface area contributed by atoms with E-state index >= 15 is 0 Å². The van der Waals surface area contributed by atoms with Gasteiger partial charge in [0.1, 0.15) is 5.82 Å². The van der Waals surface area contributed by atoms with Crippen LogP contribution in [-0.2, 0) is 12.7 Å². The fourth-order valence-corrected chi connectivity index (χ4v) is 1.96. The van der Waals surface area contributed by atoms with Crippen LogP contribution in [0.1, 0.15) is 21.5 Å². The molecule has 0 aromatic heterocycles. The van der Waals surface area contributed by atoms with Crippen molar-refractivity contribution < 1.29 is 32.4 Å². The van der Waals surface area contributed by atoms with Crippen molar-refractivity contribution >= 4 is 18.5 Å². The molecule has 4 nitrogen and oxygen atoms in total. The van der Waals surface area contributed by atoms with E-state index in [1.165, 1.54) is 24.3 Å². The van der Waals surface area contributed by atoms with Crippen LogP contribution < -0.4 is 10.8 Å². The van der Waals surface area contributed by atoms with Gasteiger partial charge in [-0.1, -0.05) is 24.3 Å². The zero-order chi connectivity index (χ0) is 17.9. The van der Waals surface area contributed by atoms with Crippen molar-refractivity contribution in [2.45, 2.75) is 12.7 Å². The fraction of sp³-hybridized carbons (Fsp3) is 0.133. The first-order valence-corrected chi connectivity index (χ1v) is 6.78. The van der Waals surface area contributed by atoms with Crippen molar-refractivity contribution in [2.75, 3.05) is 0 Å². The van der Waals surface area contributed by atoms with Gasteiger partial charge in [-0.2, -0.15) is 13.2 Å². The molecular weight excluding hydrogens is 329 g/mol. The molecule has 0 aliphatic heterocycles. The number of amides is 1. The van der Waals surface area contributed by atoms with E-state index in [0.29, 0.717) is 23.8 Å². The van der Waals surface area contributed by atoms with Gasteiger partial charge in [-0.25, -0.2) is 4.39 Å². The molecule has 0 heterocycles. The predicted molar refractivity (Wildman–Crippen MR) is 78.8 cm³/mol. The topological polar surface area (TPSA) is 69.6 Å². The Kier molecular flexibility index (Phi) is 5.25. The molecule has 2 rings (SSSR count). The highest BCUT2D eigenvalue weighted by molar-refractivity contribution is 6.58. The van der Waals surface area contributed by atoms with E-state index in [0.717, 1.165) is 0 Å². The van der Waals surface area contributed by atoms with Crippen LogP contribution in [0.25, 0.3) is 0 Å². The zero-order valence-corrected chi connectivity index (χ0v) is 12.1. The van der Waals surface area contributed by atoms with Crippen molar-refractivity contribution in [3.05, 3.63) is 65.0 Å². The lowest BCUT2D eigenvalue weighted by atomic mass is 9.80. The summed E-state index contributed by atoms with van der Waals surface area (Å²) in [7, 11) is -1.63. The van der Waals surface area contributed by atoms with Crippen LogP contribution in [0.5, 0.6) is 0 Å². The Morgan fingerprint density at radius 1 is 1.08 bits per heavy atom. The van der Waals surface area contributed by atoms with Gasteiger partial charge in [0, 0.05) is 6.54 Å². The largest absolute Gasteiger partial charge is 0.488 e. The first-order valence-electron chi connectivity index (χ1n) is 6.78. The molecule has 24 heavy (non-hydrogen) atoms. The molecule has 0 atom stereocenters. The number of nitrogens with one attached hydrogen (secondary N) is 1. The summed E-state index contributed by atoms with van der Waals surface area (Å²) in [5.74, 6) is -2.04. The van der Waals surface area contributed by atoms with Crippen molar-refractivity contribution in [3.63, 3.8) is 0 Å². The number of alkyl halides is 3. The summed E-state index contributed by atoms with van der Waals surface area (Å²) in [6, 6.07) is 7.43. The summed E-state index contributed by atoms with van der Waals surface area (Å²) < 4.78 is 51.5. The van der Waals surface area contributed by atoms with E-state index in [9.17, 15) is 22.4 Å². The molecule has 0 unspecified atom stereocenters. The van der Waals surface area contributed by atoms with Crippen LogP contribution in [0.15, 0.2) is 42.5 Å². The maximum absolute atomic E-state index is 13.6. The molecule has 9 heteroatoms. The number of halogens is 4. The highest BCUT2D eigenvalue weighted by Crippen LogP contribution is 2.30. The maximum Gasteiger partial charge on any atom is 0.488 e. The summed E-state index contributed by atoms with van der Waals surface area (Å²) >= 11 is 0. The molecule has 0 aliphatic rings. The monoisotopic (exact) mass is 341 g/mol. The third-order valence-electron chi connectivity index (χ3n) is 3.27. The van der Waals surface area contributed by atoms with Crippen LogP contribution in [0.2, 0.25) is 0 Å². The van der Waals surface area contributed by atoms with E-state index in [-0.39, 0.29) is 12.0 Å². The fourth-order valence-electron chi connectivity index (χ4n) is 1.96. The molecule has 2 aromatic carbocycles. The van der Waals surface area contributed by atoms with Crippen molar-refractivity contribution in [3.8, 4) is 0 Å². The van der Waals surface area contributed by atoms with Crippen LogP contribution in [0.3, 0.4) is 0 Å². The maximum atomic E-state index is 13.6. The van der Waals surface area contributed by atoms with Gasteiger partial charge < -0.3 is 15.4 Å². The summed E-state index contributed by atoms with van der Waals surface area (Å²) in [4.78, 5) is 11.9. The Hall–Kier alpha value is -2.39. The minimum absolute atomic E-state index is 0.0592. The Morgan fingerprint density at radius 2 is 1.71 bits per heavy atom. The van der Waals surface area contributed by atoms with Gasteiger partial charge in [0.2, 0.25) is 0 Å². The number of carbonyl (C=O) groups excluding carboxylic acids is 1. The quantitative estimate of drug-likeness (QED) is 0.583. The van der Waals surface area contributed by atoms with Gasteiger partial charge in [0.05, 0.1) is 11.1 Å². The number of rotatable bonds is 4. The average molecular weight is 341 g/mol. The molecule has 126 valence electrons. The van der Waals surface area contributed by atoms with Gasteiger partial charge in [0.15, 0.2) is 0 Å². The SMILES string of the molecule is O=C(NCc1ccc(B(O)O)cc1)c1cc(C(F)(F)F)ccc1F. The van der Waals surface area contributed by atoms with E-state index < -0.39 is 36.1 Å². The van der Waals surface area contributed by atoms with Crippen LogP contribution in [0, 0.1) is 5.82 Å². The lowest BCUT2D eigenvalue weighted by Crippen LogP contribution is -2.30. The Morgan fingerprint density at radius 3 is 2.25 bits per heavy atom. The molecule has 0 bridgehead atoms. The van der Waals surface area contributed by atoms with E-state index in [2.05, 4.69) is 5.32 Å². The number of hydrogen-bond acceptors (Lipinski definition) is 3. The molecule has 0 spiro atoms. The van der Waals surface area contributed by atoms with Crippen LogP contribution in [0.4, 0.5) is 17.6 Å². The van der Waals surface area contributed by atoms with E-state index in [1.54, 1.807) is 0 Å². The lowest BCUT2D eigenvalue weighted by molar-refractivity contribution is -0.137. The molecule has 0 radical (unpaired) electrons. The van der Waals surface area contributed by atoms with Crippen LogP contribution in [-0.4, -0.2) is 23.1 Å². The zero-order valence-electron chi connectivity index (χ0n) is 12.1. The van der Waals surface area contributed by atoms with E-state index in [4.69, 9.17) is 10.0 Å². The van der Waals surface area contributed by atoms with Gasteiger partial charge in [-0.3, -0.25) is 4.79 Å². The average Bonchev–Trinajstić information content (AvgIpc) is 2.52. The highest BCUT2D eigenvalue weighted by Gasteiger charge is 2.31. The second kappa shape index (κ2) is 7.02. The normalized spacial score (nSPS) is 11.2. The lowest BCUT2D eigenvalue weighted by Gasteiger charge is -2.10. The second-order valence-corrected chi connectivity index (χ2v) is 4.99. The summed E-state index contributed by atoms with van der Waals surface area (Å²) in [5.41, 5.74) is -1.02. The molecule has 0 saturated carbocycles. The number of benzene rings is 2. The summed E-state index contributed by atoms with van der Waals surface area (Å²) in [6.45, 7) is -0.0592. The molecule has 0 aliphatic carbocycles. The first-order chi connectivity index (χ1) is 11.2. The predicted octanol–water partition coefficient (Wildman–Crippen LogP) is 1.45.